The van der Waals surface area contributed by atoms with Crippen LogP contribution in [0.1, 0.15) is 37.9 Å². The summed E-state index contributed by atoms with van der Waals surface area (Å²) in [6.45, 7) is 6.05. The van der Waals surface area contributed by atoms with Crippen LogP contribution in [0, 0.1) is 0 Å². The van der Waals surface area contributed by atoms with Crippen LogP contribution in [0.25, 0.3) is 10.8 Å². The largest absolute Gasteiger partial charge is 0.242 e. The van der Waals surface area contributed by atoms with Gasteiger partial charge in [-0.1, -0.05) is 127 Å². The number of nitrogens with one attached hydrogen (secondary N) is 1. The van der Waals surface area contributed by atoms with Crippen LogP contribution in [0.5, 0.6) is 0 Å². The van der Waals surface area contributed by atoms with Gasteiger partial charge in [-0.15, -0.1) is 0 Å². The van der Waals surface area contributed by atoms with Gasteiger partial charge in [0, 0.05) is 0 Å². The highest BCUT2D eigenvalue weighted by Crippen LogP contribution is 2.38. The zero-order valence-electron chi connectivity index (χ0n) is 21.5. The molecule has 5 aromatic rings. The number of rotatable bonds is 7. The van der Waals surface area contributed by atoms with E-state index in [9.17, 15) is 4.21 Å². The molecule has 0 aliphatic carbocycles. The number of fused-ring (bicyclic) bond motifs is 1. The molecular weight excluding hydrogens is 489 g/mol. The molecule has 0 aliphatic rings. The van der Waals surface area contributed by atoms with Crippen molar-refractivity contribution in [1.82, 2.24) is 4.72 Å². The second-order valence-corrected chi connectivity index (χ2v) is 14.2. The summed E-state index contributed by atoms with van der Waals surface area (Å²) in [7, 11) is -2.09. The molecule has 4 heteroatoms. The first kappa shape index (κ1) is 25.5. The Morgan fingerprint density at radius 1 is 0.622 bits per heavy atom. The minimum atomic E-state index is -1.26. The van der Waals surface area contributed by atoms with Gasteiger partial charge in [0.1, 0.15) is 0 Å². The highest BCUT2D eigenvalue weighted by Gasteiger charge is 2.29. The molecule has 0 bridgehead atoms. The van der Waals surface area contributed by atoms with Crippen LogP contribution in [0.2, 0.25) is 0 Å². The van der Waals surface area contributed by atoms with E-state index >= 15 is 0 Å². The minimum Gasteiger partial charge on any atom is -0.242 e. The average Bonchev–Trinajstić information content (AvgIpc) is 2.93. The van der Waals surface area contributed by atoms with Crippen LogP contribution < -0.4 is 20.6 Å². The molecule has 0 aromatic heterocycles. The first-order valence-corrected chi connectivity index (χ1v) is 15.1. The maximum Gasteiger partial charge on any atom is 0.0979 e. The predicted octanol–water partition coefficient (Wildman–Crippen LogP) is 6.74. The summed E-state index contributed by atoms with van der Waals surface area (Å²) in [5, 5.41) is 6.21. The highest BCUT2D eigenvalue weighted by atomic mass is 32.2. The normalized spacial score (nSPS) is 13.5. The lowest BCUT2D eigenvalue weighted by molar-refractivity contribution is 0.624. The molecule has 0 spiro atoms. The van der Waals surface area contributed by atoms with Crippen molar-refractivity contribution < 1.29 is 4.21 Å². The summed E-state index contributed by atoms with van der Waals surface area (Å²) >= 11 is 0. The molecule has 2 atom stereocenters. The Morgan fingerprint density at radius 3 is 1.78 bits per heavy atom. The van der Waals surface area contributed by atoms with Gasteiger partial charge in [-0.25, -0.2) is 8.93 Å². The van der Waals surface area contributed by atoms with Crippen LogP contribution in [0.15, 0.2) is 127 Å². The van der Waals surface area contributed by atoms with E-state index in [1.807, 2.05) is 20.8 Å². The summed E-state index contributed by atoms with van der Waals surface area (Å²) in [6, 6.07) is 44.8. The highest BCUT2D eigenvalue weighted by molar-refractivity contribution is 7.84. The van der Waals surface area contributed by atoms with Gasteiger partial charge in [-0.05, 0) is 66.5 Å². The van der Waals surface area contributed by atoms with Crippen LogP contribution in [0.3, 0.4) is 0 Å². The van der Waals surface area contributed by atoms with Gasteiger partial charge in [-0.2, -0.15) is 0 Å². The van der Waals surface area contributed by atoms with Crippen molar-refractivity contribution in [2.75, 3.05) is 0 Å². The van der Waals surface area contributed by atoms with Crippen molar-refractivity contribution in [2.24, 2.45) is 0 Å². The Balaban J connectivity index is 1.75. The third-order valence-corrected chi connectivity index (χ3v) is 10.5. The smallest absolute Gasteiger partial charge is 0.0979 e. The van der Waals surface area contributed by atoms with Crippen LogP contribution in [-0.2, 0) is 11.0 Å². The first-order valence-electron chi connectivity index (χ1n) is 12.6. The fraction of sp³-hybridized carbons (Fsp3) is 0.152. The first-order chi connectivity index (χ1) is 17.9. The van der Waals surface area contributed by atoms with Crippen molar-refractivity contribution in [3.63, 3.8) is 0 Å². The summed E-state index contributed by atoms with van der Waals surface area (Å²) in [5.74, 6) is 0. The van der Waals surface area contributed by atoms with Crippen molar-refractivity contribution in [3.05, 3.63) is 139 Å². The molecule has 186 valence electrons. The van der Waals surface area contributed by atoms with Gasteiger partial charge < -0.3 is 0 Å². The molecule has 0 radical (unpaired) electrons. The molecule has 1 unspecified atom stereocenters. The van der Waals surface area contributed by atoms with Gasteiger partial charge in [0.15, 0.2) is 0 Å². The maximum absolute atomic E-state index is 13.6. The molecule has 37 heavy (non-hydrogen) atoms. The molecule has 0 saturated heterocycles. The average molecular weight is 522 g/mol. The molecule has 5 aromatic carbocycles. The zero-order valence-corrected chi connectivity index (χ0v) is 23.2. The summed E-state index contributed by atoms with van der Waals surface area (Å²) in [6.07, 6.45) is 0. The summed E-state index contributed by atoms with van der Waals surface area (Å²) in [4.78, 5) is 0. The van der Waals surface area contributed by atoms with Gasteiger partial charge in [-0.3, -0.25) is 0 Å². The van der Waals surface area contributed by atoms with Crippen LogP contribution in [-0.4, -0.2) is 8.96 Å². The Labute approximate surface area is 224 Å². The molecular formula is C33H32NOPS. The van der Waals surface area contributed by atoms with E-state index in [2.05, 4.69) is 132 Å². The second kappa shape index (κ2) is 11.1. The van der Waals surface area contributed by atoms with Crippen LogP contribution >= 0.6 is 7.92 Å². The molecule has 0 amide bonds. The lowest BCUT2D eigenvalue weighted by Gasteiger charge is -2.30. The topological polar surface area (TPSA) is 29.1 Å². The monoisotopic (exact) mass is 521 g/mol. The van der Waals surface area contributed by atoms with Gasteiger partial charge in [0.25, 0.3) is 0 Å². The van der Waals surface area contributed by atoms with E-state index in [1.165, 1.54) is 26.7 Å². The third-order valence-electron chi connectivity index (χ3n) is 6.43. The second-order valence-electron chi connectivity index (χ2n) is 10.1. The minimum absolute atomic E-state index is 0.236. The van der Waals surface area contributed by atoms with E-state index in [1.54, 1.807) is 0 Å². The lowest BCUT2D eigenvalue weighted by atomic mass is 9.94. The van der Waals surface area contributed by atoms with Gasteiger partial charge in [0.05, 0.1) is 21.8 Å². The quantitative estimate of drug-likeness (QED) is 0.236. The Hall–Kier alpha value is -3.10. The summed E-state index contributed by atoms with van der Waals surface area (Å²) < 4.78 is 16.7. The van der Waals surface area contributed by atoms with Crippen molar-refractivity contribution in [3.8, 4) is 0 Å². The van der Waals surface area contributed by atoms with Crippen LogP contribution in [0.4, 0.5) is 0 Å². The van der Waals surface area contributed by atoms with Crippen molar-refractivity contribution in [2.45, 2.75) is 31.6 Å². The Kier molecular flexibility index (Phi) is 7.67. The Morgan fingerprint density at radius 2 is 1.14 bits per heavy atom. The van der Waals surface area contributed by atoms with E-state index in [4.69, 9.17) is 0 Å². The number of hydrogen-bond donors (Lipinski definition) is 1. The molecule has 2 nitrogen and oxygen atoms in total. The fourth-order valence-corrected chi connectivity index (χ4v) is 7.91. The van der Waals surface area contributed by atoms with Crippen molar-refractivity contribution >= 4 is 45.6 Å². The molecule has 0 heterocycles. The van der Waals surface area contributed by atoms with Gasteiger partial charge >= 0.3 is 0 Å². The zero-order chi connectivity index (χ0) is 25.8. The molecule has 0 saturated carbocycles. The number of hydrogen-bond acceptors (Lipinski definition) is 1. The maximum atomic E-state index is 13.6. The van der Waals surface area contributed by atoms with E-state index < -0.39 is 23.7 Å². The van der Waals surface area contributed by atoms with E-state index in [0.717, 1.165) is 11.1 Å². The lowest BCUT2D eigenvalue weighted by Crippen LogP contribution is -2.38. The fourth-order valence-electron chi connectivity index (χ4n) is 4.60. The number of benzene rings is 5. The van der Waals surface area contributed by atoms with E-state index in [-0.39, 0.29) is 6.04 Å². The molecule has 0 aliphatic heterocycles. The van der Waals surface area contributed by atoms with Gasteiger partial charge in [0.2, 0.25) is 0 Å². The van der Waals surface area contributed by atoms with Crippen molar-refractivity contribution in [1.29, 1.82) is 0 Å². The third kappa shape index (κ3) is 5.60. The summed E-state index contributed by atoms with van der Waals surface area (Å²) in [5.41, 5.74) is 2.30. The van der Waals surface area contributed by atoms with E-state index in [0.29, 0.717) is 0 Å². The predicted molar refractivity (Wildman–Crippen MR) is 162 cm³/mol. The molecule has 0 fully saturated rings. The molecule has 1 N–H and O–H groups in total. The Bertz CT molecular complexity index is 1470. The molecule has 5 rings (SSSR count). The SMILES string of the molecule is CC(C)(C)S(=O)N[C@@H](c1ccccc1P(c1ccccc1)c1ccccc1)c1cccc2ccccc12. The standard InChI is InChI=1S/C33H32NOPS/c1-33(2,3)37(35)34-32(29-23-14-16-25-15-10-11-21-28(25)29)30-22-12-13-24-31(30)36(26-17-6-4-7-18-26)27-19-8-5-9-20-27/h4-24,32,34H,1-3H3/t32-,37?/m1/s1.